The van der Waals surface area contributed by atoms with Crippen LogP contribution >= 0.6 is 12.4 Å². The molecule has 2 heterocycles. The minimum absolute atomic E-state index is 0. The van der Waals surface area contributed by atoms with E-state index in [1.807, 2.05) is 49.4 Å². The fraction of sp³-hybridized carbons (Fsp3) is 0.211. The van der Waals surface area contributed by atoms with Crippen LogP contribution in [0.25, 0.3) is 22.4 Å². The summed E-state index contributed by atoms with van der Waals surface area (Å²) < 4.78 is 5.19. The molecule has 1 aliphatic rings. The van der Waals surface area contributed by atoms with Gasteiger partial charge in [0.2, 0.25) is 5.91 Å². The molecule has 134 valence electrons. The number of hydrogen-bond donors (Lipinski definition) is 2. The fourth-order valence-electron chi connectivity index (χ4n) is 3.06. The van der Waals surface area contributed by atoms with Crippen LogP contribution in [-0.4, -0.2) is 28.7 Å². The molecule has 3 aromatic rings. The van der Waals surface area contributed by atoms with Crippen LogP contribution in [-0.2, 0) is 4.79 Å². The third-order valence-electron chi connectivity index (χ3n) is 4.40. The molecule has 0 saturated carbocycles. The van der Waals surface area contributed by atoms with Crippen molar-refractivity contribution in [3.63, 3.8) is 0 Å². The van der Waals surface area contributed by atoms with Gasteiger partial charge in [-0.2, -0.15) is 5.10 Å². The molecular weight excluding hydrogens is 352 g/mol. The van der Waals surface area contributed by atoms with Crippen molar-refractivity contribution in [3.05, 3.63) is 48.0 Å². The number of H-pyrrole nitrogens is 1. The number of hydrazone groups is 1. The highest BCUT2D eigenvalue weighted by atomic mass is 35.5. The number of imidazole rings is 1. The van der Waals surface area contributed by atoms with E-state index in [-0.39, 0.29) is 24.2 Å². The number of methoxy groups -OCH3 is 1. The van der Waals surface area contributed by atoms with Crippen LogP contribution in [0, 0.1) is 5.92 Å². The van der Waals surface area contributed by atoms with Gasteiger partial charge in [-0.1, -0.05) is 13.0 Å². The van der Waals surface area contributed by atoms with E-state index in [1.54, 1.807) is 7.11 Å². The molecule has 0 radical (unpaired) electrons. The predicted octanol–water partition coefficient (Wildman–Crippen LogP) is 3.52. The summed E-state index contributed by atoms with van der Waals surface area (Å²) in [7, 11) is 1.65. The van der Waals surface area contributed by atoms with Gasteiger partial charge in [0.25, 0.3) is 0 Å². The molecule has 1 aromatic heterocycles. The van der Waals surface area contributed by atoms with Crippen molar-refractivity contribution in [2.24, 2.45) is 11.0 Å². The SMILES string of the molecule is COc1ccc(-c2nc3ccc(C4=NNC(=O)C[C@H]4C)cc3[nH]2)cc1.Cl. The summed E-state index contributed by atoms with van der Waals surface area (Å²) in [5, 5.41) is 4.22. The Morgan fingerprint density at radius 3 is 2.54 bits per heavy atom. The maximum Gasteiger partial charge on any atom is 0.240 e. The Kier molecular flexibility index (Phi) is 4.95. The smallest absolute Gasteiger partial charge is 0.240 e. The maximum atomic E-state index is 11.4. The number of aromatic amines is 1. The third-order valence-corrected chi connectivity index (χ3v) is 4.40. The number of amides is 1. The van der Waals surface area contributed by atoms with Crippen molar-refractivity contribution < 1.29 is 9.53 Å². The fourth-order valence-corrected chi connectivity index (χ4v) is 3.06. The largest absolute Gasteiger partial charge is 0.497 e. The van der Waals surface area contributed by atoms with Crippen molar-refractivity contribution >= 4 is 35.1 Å². The van der Waals surface area contributed by atoms with E-state index in [9.17, 15) is 4.79 Å². The zero-order chi connectivity index (χ0) is 17.4. The minimum Gasteiger partial charge on any atom is -0.497 e. The molecule has 0 aliphatic carbocycles. The topological polar surface area (TPSA) is 79.4 Å². The second kappa shape index (κ2) is 7.17. The van der Waals surface area contributed by atoms with Gasteiger partial charge in [-0.05, 0) is 36.4 Å². The number of carbonyl (C=O) groups excluding carboxylic acids is 1. The van der Waals surface area contributed by atoms with Gasteiger partial charge in [-0.3, -0.25) is 4.79 Å². The van der Waals surface area contributed by atoms with Crippen LogP contribution in [0.1, 0.15) is 18.9 Å². The summed E-state index contributed by atoms with van der Waals surface area (Å²) in [6.07, 6.45) is 0.455. The number of carbonyl (C=O) groups is 1. The molecule has 0 saturated heterocycles. The molecule has 1 aliphatic heterocycles. The Labute approximate surface area is 157 Å². The molecule has 0 unspecified atom stereocenters. The second-order valence-electron chi connectivity index (χ2n) is 6.18. The molecule has 0 bridgehead atoms. The first-order chi connectivity index (χ1) is 12.1. The maximum absolute atomic E-state index is 11.4. The van der Waals surface area contributed by atoms with E-state index in [4.69, 9.17) is 4.74 Å². The highest BCUT2D eigenvalue weighted by Gasteiger charge is 2.22. The number of halogens is 1. The minimum atomic E-state index is -0.0411. The Morgan fingerprint density at radius 2 is 1.85 bits per heavy atom. The van der Waals surface area contributed by atoms with Crippen LogP contribution in [0.15, 0.2) is 47.6 Å². The van der Waals surface area contributed by atoms with E-state index in [0.717, 1.165) is 39.4 Å². The number of hydrogen-bond acceptors (Lipinski definition) is 4. The van der Waals surface area contributed by atoms with E-state index < -0.39 is 0 Å². The Balaban J connectivity index is 0.00000196. The third kappa shape index (κ3) is 3.28. The van der Waals surface area contributed by atoms with Crippen molar-refractivity contribution in [2.45, 2.75) is 13.3 Å². The van der Waals surface area contributed by atoms with E-state index in [2.05, 4.69) is 20.5 Å². The molecule has 2 aromatic carbocycles. The monoisotopic (exact) mass is 370 g/mol. The number of fused-ring (bicyclic) bond motifs is 1. The molecule has 2 N–H and O–H groups in total. The van der Waals surface area contributed by atoms with Gasteiger partial charge in [0.05, 0.1) is 23.9 Å². The molecule has 4 rings (SSSR count). The normalized spacial score (nSPS) is 16.6. The van der Waals surface area contributed by atoms with Gasteiger partial charge in [-0.25, -0.2) is 10.4 Å². The Hall–Kier alpha value is -2.86. The summed E-state index contributed by atoms with van der Waals surface area (Å²) in [4.78, 5) is 19.4. The number of benzene rings is 2. The van der Waals surface area contributed by atoms with Gasteiger partial charge in [-0.15, -0.1) is 12.4 Å². The molecule has 6 nitrogen and oxygen atoms in total. The number of ether oxygens (including phenoxy) is 1. The predicted molar refractivity (Wildman–Crippen MR) is 104 cm³/mol. The summed E-state index contributed by atoms with van der Waals surface area (Å²) in [6, 6.07) is 13.8. The van der Waals surface area contributed by atoms with Gasteiger partial charge in [0, 0.05) is 23.5 Å². The van der Waals surface area contributed by atoms with Gasteiger partial charge < -0.3 is 9.72 Å². The molecule has 7 heteroatoms. The van der Waals surface area contributed by atoms with Crippen LogP contribution in [0.3, 0.4) is 0 Å². The van der Waals surface area contributed by atoms with Crippen molar-refractivity contribution in [1.29, 1.82) is 0 Å². The van der Waals surface area contributed by atoms with Crippen LogP contribution in [0.4, 0.5) is 0 Å². The number of nitrogens with zero attached hydrogens (tertiary/aromatic N) is 2. The summed E-state index contributed by atoms with van der Waals surface area (Å²) in [6.45, 7) is 2.01. The van der Waals surface area contributed by atoms with Gasteiger partial charge >= 0.3 is 0 Å². The number of nitrogens with one attached hydrogen (secondary N) is 2. The van der Waals surface area contributed by atoms with Crippen molar-refractivity contribution in [2.75, 3.05) is 7.11 Å². The average Bonchev–Trinajstić information content (AvgIpc) is 3.05. The molecule has 0 spiro atoms. The Morgan fingerprint density at radius 1 is 1.12 bits per heavy atom. The van der Waals surface area contributed by atoms with Crippen LogP contribution in [0.5, 0.6) is 5.75 Å². The summed E-state index contributed by atoms with van der Waals surface area (Å²) >= 11 is 0. The summed E-state index contributed by atoms with van der Waals surface area (Å²) in [5.41, 5.74) is 7.27. The molecular formula is C19H19ClN4O2. The molecule has 1 atom stereocenters. The van der Waals surface area contributed by atoms with E-state index in [0.29, 0.717) is 6.42 Å². The Bertz CT molecular complexity index is 979. The van der Waals surface area contributed by atoms with Gasteiger partial charge in [0.1, 0.15) is 11.6 Å². The molecule has 1 amide bonds. The molecule has 26 heavy (non-hydrogen) atoms. The highest BCUT2D eigenvalue weighted by molar-refractivity contribution is 6.07. The lowest BCUT2D eigenvalue weighted by Gasteiger charge is -2.18. The number of aromatic nitrogens is 2. The first-order valence-electron chi connectivity index (χ1n) is 8.15. The lowest BCUT2D eigenvalue weighted by atomic mass is 9.94. The van der Waals surface area contributed by atoms with E-state index >= 15 is 0 Å². The van der Waals surface area contributed by atoms with Gasteiger partial charge in [0.15, 0.2) is 0 Å². The first kappa shape index (κ1) is 17.9. The lowest BCUT2D eigenvalue weighted by Crippen LogP contribution is -2.31. The standard InChI is InChI=1S/C19H18N4O2.ClH/c1-11-9-17(24)22-23-18(11)13-5-8-15-16(10-13)21-19(20-15)12-3-6-14(25-2)7-4-12;/h3-8,10-11H,9H2,1-2H3,(H,20,21)(H,22,24);1H/t11-;/m1./s1. The average molecular weight is 371 g/mol. The quantitative estimate of drug-likeness (QED) is 0.740. The van der Waals surface area contributed by atoms with E-state index in [1.165, 1.54) is 0 Å². The lowest BCUT2D eigenvalue weighted by molar-refractivity contribution is -0.121. The number of rotatable bonds is 3. The molecule has 0 fully saturated rings. The second-order valence-corrected chi connectivity index (χ2v) is 6.18. The van der Waals surface area contributed by atoms with Crippen molar-refractivity contribution in [1.82, 2.24) is 15.4 Å². The first-order valence-corrected chi connectivity index (χ1v) is 8.15. The van der Waals surface area contributed by atoms with Crippen LogP contribution < -0.4 is 10.2 Å². The zero-order valence-electron chi connectivity index (χ0n) is 14.4. The van der Waals surface area contributed by atoms with Crippen molar-refractivity contribution in [3.8, 4) is 17.1 Å². The summed E-state index contributed by atoms with van der Waals surface area (Å²) in [5.74, 6) is 1.67. The zero-order valence-corrected chi connectivity index (χ0v) is 15.3. The van der Waals surface area contributed by atoms with Crippen LogP contribution in [0.2, 0.25) is 0 Å². The highest BCUT2D eigenvalue weighted by Crippen LogP contribution is 2.25.